The van der Waals surface area contributed by atoms with Gasteiger partial charge in [0.15, 0.2) is 11.3 Å². The zero-order valence-corrected chi connectivity index (χ0v) is 17.4. The first-order valence-electron chi connectivity index (χ1n) is 10.5. The van der Waals surface area contributed by atoms with Gasteiger partial charge in [0.25, 0.3) is 0 Å². The topological polar surface area (TPSA) is 47.8 Å². The summed E-state index contributed by atoms with van der Waals surface area (Å²) in [6, 6.07) is 37.4. The summed E-state index contributed by atoms with van der Waals surface area (Å²) in [5.74, 6) is -0.0674. The van der Waals surface area contributed by atoms with Gasteiger partial charge in [-0.05, 0) is 22.3 Å². The molecule has 0 aliphatic rings. The van der Waals surface area contributed by atoms with E-state index in [0.29, 0.717) is 5.56 Å². The van der Waals surface area contributed by atoms with Crippen molar-refractivity contribution < 1.29 is 4.79 Å². The molecule has 154 valence electrons. The van der Waals surface area contributed by atoms with Crippen LogP contribution in [0.5, 0.6) is 0 Å². The molecule has 0 spiro atoms. The zero-order valence-electron chi connectivity index (χ0n) is 17.4. The molecular weight excluding hydrogens is 394 g/mol. The highest BCUT2D eigenvalue weighted by Gasteiger charge is 2.45. The Balaban J connectivity index is 1.75. The number of Topliss-reactive ketones (excluding diaryl/α,β-unsaturated/α-hetero) is 1. The van der Waals surface area contributed by atoms with Gasteiger partial charge in [-0.2, -0.15) is 5.10 Å². The van der Waals surface area contributed by atoms with E-state index in [4.69, 9.17) is 0 Å². The SMILES string of the molecule is O=C(c1ccccc1)C(c1ccccc1)(c1ccc(-c2ccccc2)cc1)n1cncn1. The summed E-state index contributed by atoms with van der Waals surface area (Å²) < 4.78 is 1.66. The monoisotopic (exact) mass is 415 g/mol. The molecule has 4 heteroatoms. The molecule has 0 saturated carbocycles. The molecule has 0 aliphatic heterocycles. The molecule has 0 fully saturated rings. The van der Waals surface area contributed by atoms with E-state index in [1.54, 1.807) is 11.0 Å². The molecule has 0 amide bonds. The average molecular weight is 415 g/mol. The van der Waals surface area contributed by atoms with Crippen molar-refractivity contribution in [1.29, 1.82) is 0 Å². The number of hydrogen-bond acceptors (Lipinski definition) is 3. The minimum absolute atomic E-state index is 0.0674. The average Bonchev–Trinajstić information content (AvgIpc) is 3.42. The lowest BCUT2D eigenvalue weighted by molar-refractivity contribution is 0.0878. The lowest BCUT2D eigenvalue weighted by Crippen LogP contribution is -2.44. The van der Waals surface area contributed by atoms with Gasteiger partial charge in [0.2, 0.25) is 0 Å². The molecule has 0 bridgehead atoms. The van der Waals surface area contributed by atoms with Crippen molar-refractivity contribution in [3.05, 3.63) is 145 Å². The Bertz CT molecular complexity index is 1300. The van der Waals surface area contributed by atoms with Crippen LogP contribution in [0.3, 0.4) is 0 Å². The predicted octanol–water partition coefficient (Wildman–Crippen LogP) is 5.62. The summed E-state index contributed by atoms with van der Waals surface area (Å²) in [6.45, 7) is 0. The second-order valence-corrected chi connectivity index (χ2v) is 7.56. The van der Waals surface area contributed by atoms with Crippen molar-refractivity contribution in [2.24, 2.45) is 0 Å². The Hall–Kier alpha value is -4.31. The largest absolute Gasteiger partial charge is 0.291 e. The van der Waals surface area contributed by atoms with Gasteiger partial charge in [-0.15, -0.1) is 0 Å². The third-order valence-corrected chi connectivity index (χ3v) is 5.73. The first kappa shape index (κ1) is 19.6. The van der Waals surface area contributed by atoms with Gasteiger partial charge in [-0.1, -0.05) is 115 Å². The Kier molecular flexibility index (Phi) is 5.18. The molecule has 32 heavy (non-hydrogen) atoms. The van der Waals surface area contributed by atoms with Crippen molar-refractivity contribution in [3.63, 3.8) is 0 Å². The third kappa shape index (κ3) is 3.32. The van der Waals surface area contributed by atoms with Gasteiger partial charge in [0.05, 0.1) is 0 Å². The lowest BCUT2D eigenvalue weighted by Gasteiger charge is -2.34. The van der Waals surface area contributed by atoms with Gasteiger partial charge < -0.3 is 0 Å². The van der Waals surface area contributed by atoms with E-state index < -0.39 is 5.54 Å². The number of hydrogen-bond donors (Lipinski definition) is 0. The van der Waals surface area contributed by atoms with Crippen LogP contribution < -0.4 is 0 Å². The van der Waals surface area contributed by atoms with Crippen LogP contribution in [0.1, 0.15) is 21.5 Å². The predicted molar refractivity (Wildman–Crippen MR) is 125 cm³/mol. The van der Waals surface area contributed by atoms with Crippen LogP contribution in [-0.2, 0) is 5.54 Å². The molecule has 0 N–H and O–H groups in total. The van der Waals surface area contributed by atoms with Crippen LogP contribution in [0.2, 0.25) is 0 Å². The first-order chi connectivity index (χ1) is 15.8. The minimum Gasteiger partial charge on any atom is -0.291 e. The van der Waals surface area contributed by atoms with E-state index in [2.05, 4.69) is 34.3 Å². The summed E-state index contributed by atoms with van der Waals surface area (Å²) in [5.41, 5.74) is 3.28. The molecule has 0 radical (unpaired) electrons. The Labute approximate surface area is 186 Å². The fourth-order valence-corrected chi connectivity index (χ4v) is 4.19. The quantitative estimate of drug-likeness (QED) is 0.338. The minimum atomic E-state index is -1.19. The van der Waals surface area contributed by atoms with E-state index in [-0.39, 0.29) is 5.78 Å². The van der Waals surface area contributed by atoms with Crippen LogP contribution in [-0.4, -0.2) is 20.5 Å². The summed E-state index contributed by atoms with van der Waals surface area (Å²) >= 11 is 0. The standard InChI is InChI=1S/C28H21N3O/c32-27(24-12-6-2-7-13-24)28(31-21-29-20-30-31,25-14-8-3-9-15-25)26-18-16-23(17-19-26)22-10-4-1-5-11-22/h1-21H. The summed E-state index contributed by atoms with van der Waals surface area (Å²) in [5, 5.41) is 4.45. The molecule has 5 rings (SSSR count). The maximum Gasteiger partial charge on any atom is 0.199 e. The first-order valence-corrected chi connectivity index (χ1v) is 10.5. The molecule has 4 nitrogen and oxygen atoms in total. The smallest absolute Gasteiger partial charge is 0.199 e. The summed E-state index contributed by atoms with van der Waals surface area (Å²) in [7, 11) is 0. The fraction of sp³-hybridized carbons (Fsp3) is 0.0357. The summed E-state index contributed by atoms with van der Waals surface area (Å²) in [4.78, 5) is 18.4. The summed E-state index contributed by atoms with van der Waals surface area (Å²) in [6.07, 6.45) is 3.08. The molecule has 1 unspecified atom stereocenters. The van der Waals surface area contributed by atoms with Gasteiger partial charge in [-0.3, -0.25) is 4.79 Å². The highest BCUT2D eigenvalue weighted by atomic mass is 16.1. The molecule has 1 heterocycles. The van der Waals surface area contributed by atoms with Crippen LogP contribution in [0, 0.1) is 0 Å². The maximum atomic E-state index is 14.2. The van der Waals surface area contributed by atoms with Crippen molar-refractivity contribution in [2.45, 2.75) is 5.54 Å². The van der Waals surface area contributed by atoms with Crippen molar-refractivity contribution in [2.75, 3.05) is 0 Å². The normalized spacial score (nSPS) is 12.8. The third-order valence-electron chi connectivity index (χ3n) is 5.73. The highest BCUT2D eigenvalue weighted by Crippen LogP contribution is 2.37. The Morgan fingerprint density at radius 2 is 1.16 bits per heavy atom. The molecule has 4 aromatic carbocycles. The lowest BCUT2D eigenvalue weighted by atomic mass is 9.76. The molecule has 1 atom stereocenters. The molecule has 0 aliphatic carbocycles. The second-order valence-electron chi connectivity index (χ2n) is 7.56. The van der Waals surface area contributed by atoms with Crippen LogP contribution in [0.25, 0.3) is 11.1 Å². The number of carbonyl (C=O) groups excluding carboxylic acids is 1. The second kappa shape index (κ2) is 8.44. The van der Waals surface area contributed by atoms with Gasteiger partial charge >= 0.3 is 0 Å². The van der Waals surface area contributed by atoms with E-state index in [1.807, 2.05) is 91.0 Å². The van der Waals surface area contributed by atoms with Crippen molar-refractivity contribution in [1.82, 2.24) is 14.8 Å². The van der Waals surface area contributed by atoms with E-state index in [0.717, 1.165) is 22.3 Å². The number of benzene rings is 4. The number of ketones is 1. The molecular formula is C28H21N3O. The number of aromatic nitrogens is 3. The maximum absolute atomic E-state index is 14.2. The molecule has 1 aromatic heterocycles. The van der Waals surface area contributed by atoms with Crippen LogP contribution in [0.4, 0.5) is 0 Å². The van der Waals surface area contributed by atoms with Gasteiger partial charge in [0, 0.05) is 5.56 Å². The number of nitrogens with zero attached hydrogens (tertiary/aromatic N) is 3. The van der Waals surface area contributed by atoms with Crippen LogP contribution in [0.15, 0.2) is 128 Å². The zero-order chi connectivity index (χ0) is 21.8. The van der Waals surface area contributed by atoms with E-state index >= 15 is 0 Å². The molecule has 0 saturated heterocycles. The van der Waals surface area contributed by atoms with Crippen LogP contribution >= 0.6 is 0 Å². The van der Waals surface area contributed by atoms with Gasteiger partial charge in [-0.25, -0.2) is 9.67 Å². The van der Waals surface area contributed by atoms with Gasteiger partial charge in [0.1, 0.15) is 12.7 Å². The highest BCUT2D eigenvalue weighted by molar-refractivity contribution is 6.06. The molecule has 5 aromatic rings. The van der Waals surface area contributed by atoms with Crippen molar-refractivity contribution in [3.8, 4) is 11.1 Å². The Morgan fingerprint density at radius 3 is 1.75 bits per heavy atom. The number of carbonyl (C=O) groups is 1. The Morgan fingerprint density at radius 1 is 0.625 bits per heavy atom. The van der Waals surface area contributed by atoms with Crippen molar-refractivity contribution >= 4 is 5.78 Å². The fourth-order valence-electron chi connectivity index (χ4n) is 4.19. The van der Waals surface area contributed by atoms with E-state index in [9.17, 15) is 4.79 Å². The number of rotatable bonds is 6. The van der Waals surface area contributed by atoms with E-state index in [1.165, 1.54) is 6.33 Å².